The third-order valence-corrected chi connectivity index (χ3v) is 9.96. The molecule has 4 unspecified atom stereocenters. The minimum absolute atomic E-state index is 0.102. The maximum atomic E-state index is 5.61. The van der Waals surface area contributed by atoms with Gasteiger partial charge in [-0.3, -0.25) is 0 Å². The van der Waals surface area contributed by atoms with E-state index in [1.165, 1.54) is 0 Å². The van der Waals surface area contributed by atoms with Crippen LogP contribution in [0.15, 0.2) is 12.1 Å². The van der Waals surface area contributed by atoms with Gasteiger partial charge in [-0.2, -0.15) is 0 Å². The number of rotatable bonds is 6. The summed E-state index contributed by atoms with van der Waals surface area (Å²) >= 11 is 4.25. The number of methoxy groups -OCH3 is 3. The van der Waals surface area contributed by atoms with Crippen LogP contribution < -0.4 is 19.1 Å². The Morgan fingerprint density at radius 2 is 1.32 bits per heavy atom. The SMILES string of the molecule is CCC12SC(C)C(CC)(SC1C)N2c1cc(OC)c(OC)c(OC)c1. The third kappa shape index (κ3) is 2.43. The van der Waals surface area contributed by atoms with Crippen LogP contribution in [0.3, 0.4) is 0 Å². The van der Waals surface area contributed by atoms with Gasteiger partial charge in [0.2, 0.25) is 5.75 Å². The molecular formula is C19H29NO3S2. The summed E-state index contributed by atoms with van der Waals surface area (Å²) in [6.45, 7) is 9.35. The van der Waals surface area contributed by atoms with Crippen molar-refractivity contribution in [2.45, 2.75) is 60.8 Å². The van der Waals surface area contributed by atoms with E-state index in [0.29, 0.717) is 16.2 Å². The van der Waals surface area contributed by atoms with E-state index in [9.17, 15) is 0 Å². The zero-order chi connectivity index (χ0) is 18.4. The van der Waals surface area contributed by atoms with E-state index < -0.39 is 0 Å². The lowest BCUT2D eigenvalue weighted by Gasteiger charge is -2.40. The molecule has 2 aliphatic rings. The molecule has 6 heteroatoms. The van der Waals surface area contributed by atoms with Crippen molar-refractivity contribution in [3.05, 3.63) is 12.1 Å². The second kappa shape index (κ2) is 6.69. The van der Waals surface area contributed by atoms with E-state index in [1.807, 2.05) is 0 Å². The number of thioether (sulfide) groups is 2. The number of benzene rings is 1. The third-order valence-electron chi connectivity index (χ3n) is 5.71. The number of nitrogens with zero attached hydrogens (tertiary/aromatic N) is 1. The first kappa shape index (κ1) is 18.9. The van der Waals surface area contributed by atoms with Gasteiger partial charge in [-0.25, -0.2) is 0 Å². The van der Waals surface area contributed by atoms with Gasteiger partial charge in [0, 0.05) is 28.3 Å². The molecule has 2 fully saturated rings. The average Bonchev–Trinajstić information content (AvgIpc) is 3.04. The summed E-state index contributed by atoms with van der Waals surface area (Å²) in [4.78, 5) is 2.85. The van der Waals surface area contributed by atoms with E-state index in [1.54, 1.807) is 21.3 Å². The number of hydrogen-bond donors (Lipinski definition) is 0. The van der Waals surface area contributed by atoms with Crippen LogP contribution >= 0.6 is 23.5 Å². The molecule has 4 atom stereocenters. The Bertz CT molecular complexity index is 607. The molecule has 4 nitrogen and oxygen atoms in total. The maximum absolute atomic E-state index is 5.61. The Labute approximate surface area is 160 Å². The molecule has 0 N–H and O–H groups in total. The van der Waals surface area contributed by atoms with Gasteiger partial charge in [0.25, 0.3) is 0 Å². The van der Waals surface area contributed by atoms with Crippen molar-refractivity contribution in [2.24, 2.45) is 0 Å². The van der Waals surface area contributed by atoms with Gasteiger partial charge in [-0.15, -0.1) is 23.5 Å². The maximum Gasteiger partial charge on any atom is 0.203 e. The molecule has 0 aliphatic carbocycles. The van der Waals surface area contributed by atoms with Gasteiger partial charge in [-0.05, 0) is 12.8 Å². The second-order valence-electron chi connectivity index (χ2n) is 6.64. The Morgan fingerprint density at radius 1 is 0.880 bits per heavy atom. The predicted octanol–water partition coefficient (Wildman–Crippen LogP) is 5.00. The molecule has 0 radical (unpaired) electrons. The summed E-state index contributed by atoms with van der Waals surface area (Å²) in [6, 6.07) is 4.21. The highest BCUT2D eigenvalue weighted by Gasteiger charge is 2.67. The zero-order valence-corrected chi connectivity index (χ0v) is 17.8. The largest absolute Gasteiger partial charge is 0.493 e. The minimum Gasteiger partial charge on any atom is -0.493 e. The van der Waals surface area contributed by atoms with E-state index >= 15 is 0 Å². The van der Waals surface area contributed by atoms with Gasteiger partial charge in [0.1, 0.15) is 0 Å². The quantitative estimate of drug-likeness (QED) is 0.687. The lowest BCUT2D eigenvalue weighted by atomic mass is 10.0. The molecule has 0 aromatic heterocycles. The van der Waals surface area contributed by atoms with Crippen LogP contribution in [0.5, 0.6) is 17.2 Å². The molecule has 0 spiro atoms. The zero-order valence-electron chi connectivity index (χ0n) is 16.2. The highest BCUT2D eigenvalue weighted by molar-refractivity contribution is 8.10. The van der Waals surface area contributed by atoms with Crippen molar-refractivity contribution in [2.75, 3.05) is 26.2 Å². The smallest absolute Gasteiger partial charge is 0.203 e. The molecule has 1 aromatic carbocycles. The van der Waals surface area contributed by atoms with Crippen LogP contribution in [-0.4, -0.2) is 41.6 Å². The molecule has 1 aromatic rings. The fourth-order valence-electron chi connectivity index (χ4n) is 4.47. The fourth-order valence-corrected chi connectivity index (χ4v) is 8.75. The van der Waals surface area contributed by atoms with Gasteiger partial charge in [-0.1, -0.05) is 27.7 Å². The van der Waals surface area contributed by atoms with Crippen molar-refractivity contribution < 1.29 is 14.2 Å². The molecular weight excluding hydrogens is 354 g/mol. The summed E-state index contributed by atoms with van der Waals surface area (Å²) in [6.07, 6.45) is 2.21. The summed E-state index contributed by atoms with van der Waals surface area (Å²) < 4.78 is 16.7. The first-order valence-corrected chi connectivity index (χ1v) is 10.7. The molecule has 2 saturated heterocycles. The van der Waals surface area contributed by atoms with Gasteiger partial charge >= 0.3 is 0 Å². The topological polar surface area (TPSA) is 30.9 Å². The van der Waals surface area contributed by atoms with Crippen LogP contribution in [0.4, 0.5) is 5.69 Å². The molecule has 2 aliphatic heterocycles. The Morgan fingerprint density at radius 3 is 1.64 bits per heavy atom. The molecule has 0 amide bonds. The second-order valence-corrected chi connectivity index (χ2v) is 9.94. The van der Waals surface area contributed by atoms with Crippen LogP contribution in [0.2, 0.25) is 0 Å². The van der Waals surface area contributed by atoms with Crippen molar-refractivity contribution in [1.82, 2.24) is 0 Å². The number of hydrogen-bond acceptors (Lipinski definition) is 6. The lowest BCUT2D eigenvalue weighted by molar-refractivity contribution is 0.324. The Hall–Kier alpha value is -0.880. The van der Waals surface area contributed by atoms with Crippen molar-refractivity contribution in [3.8, 4) is 17.2 Å². The Kier molecular flexibility index (Phi) is 5.06. The van der Waals surface area contributed by atoms with E-state index in [4.69, 9.17) is 14.2 Å². The first-order valence-electron chi connectivity index (χ1n) is 8.90. The summed E-state index contributed by atoms with van der Waals surface area (Å²) in [5.41, 5.74) is 1.16. The highest BCUT2D eigenvalue weighted by Crippen LogP contribution is 2.69. The van der Waals surface area contributed by atoms with Crippen LogP contribution in [0.1, 0.15) is 40.5 Å². The molecule has 0 saturated carbocycles. The van der Waals surface area contributed by atoms with Crippen molar-refractivity contribution in [3.63, 3.8) is 0 Å². The van der Waals surface area contributed by atoms with E-state index in [2.05, 4.69) is 68.3 Å². The molecule has 2 heterocycles. The van der Waals surface area contributed by atoms with Gasteiger partial charge in [0.15, 0.2) is 11.5 Å². The standard InChI is InChI=1S/C19H29NO3S2/c1-8-18-12(3)25-19(9-2,13(4)24-18)20(18)14-10-15(21-5)17(23-7)16(11-14)22-6/h10-13H,8-9H2,1-7H3. The van der Waals surface area contributed by atoms with E-state index in [0.717, 1.165) is 30.0 Å². The summed E-state index contributed by atoms with van der Waals surface area (Å²) in [5.74, 6) is 2.09. The van der Waals surface area contributed by atoms with Crippen LogP contribution in [-0.2, 0) is 0 Å². The van der Waals surface area contributed by atoms with E-state index in [-0.39, 0.29) is 9.74 Å². The van der Waals surface area contributed by atoms with Crippen molar-refractivity contribution in [1.29, 1.82) is 0 Å². The fraction of sp³-hybridized carbons (Fsp3) is 0.684. The molecule has 25 heavy (non-hydrogen) atoms. The van der Waals surface area contributed by atoms with Crippen molar-refractivity contribution >= 4 is 29.2 Å². The highest BCUT2D eigenvalue weighted by atomic mass is 32.2. The molecule has 2 bridgehead atoms. The van der Waals surface area contributed by atoms with Gasteiger partial charge in [0.05, 0.1) is 31.1 Å². The minimum atomic E-state index is 0.102. The summed E-state index contributed by atoms with van der Waals surface area (Å²) in [7, 11) is 5.01. The number of anilines is 1. The predicted molar refractivity (Wildman–Crippen MR) is 109 cm³/mol. The monoisotopic (exact) mass is 383 g/mol. The first-order chi connectivity index (χ1) is 11.9. The average molecular weight is 384 g/mol. The van der Waals surface area contributed by atoms with Crippen LogP contribution in [0, 0.1) is 0 Å². The number of fused-ring (bicyclic) bond motifs is 2. The molecule has 3 rings (SSSR count). The van der Waals surface area contributed by atoms with Gasteiger partial charge < -0.3 is 19.1 Å². The molecule has 140 valence electrons. The number of ether oxygens (including phenoxy) is 3. The lowest BCUT2D eigenvalue weighted by Crippen LogP contribution is -2.49. The van der Waals surface area contributed by atoms with Crippen LogP contribution in [0.25, 0.3) is 0 Å². The normalized spacial score (nSPS) is 33.6. The summed E-state index contributed by atoms with van der Waals surface area (Å²) in [5, 5.41) is 1.13. The Balaban J connectivity index is 2.20.